The van der Waals surface area contributed by atoms with Gasteiger partial charge in [0.1, 0.15) is 0 Å². The maximum absolute atomic E-state index is 9.97. The van der Waals surface area contributed by atoms with Crippen LogP contribution in [0, 0.1) is 0 Å². The van der Waals surface area contributed by atoms with Crippen LogP contribution in [0.3, 0.4) is 0 Å². The summed E-state index contributed by atoms with van der Waals surface area (Å²) in [6, 6.07) is 0. The van der Waals surface area contributed by atoms with E-state index in [4.69, 9.17) is 0 Å². The van der Waals surface area contributed by atoms with Gasteiger partial charge in [-0.05, 0) is 32.1 Å². The zero-order chi connectivity index (χ0) is 16.5. The minimum atomic E-state index is -0.151. The molecule has 2 heteroatoms. The van der Waals surface area contributed by atoms with E-state index < -0.39 is 0 Å². The van der Waals surface area contributed by atoms with Gasteiger partial charge < -0.3 is 10.2 Å². The summed E-state index contributed by atoms with van der Waals surface area (Å²) in [5, 5.41) is 19.8. The first-order valence-electron chi connectivity index (χ1n) is 10.1. The summed E-state index contributed by atoms with van der Waals surface area (Å²) in [7, 11) is 0. The lowest BCUT2D eigenvalue weighted by molar-refractivity contribution is 0.121. The molecule has 0 heterocycles. The molecule has 2 nitrogen and oxygen atoms in total. The molecule has 0 amide bonds. The van der Waals surface area contributed by atoms with Gasteiger partial charge in [-0.25, -0.2) is 0 Å². The highest BCUT2D eigenvalue weighted by Gasteiger charge is 2.07. The molecule has 22 heavy (non-hydrogen) atoms. The molecule has 0 bridgehead atoms. The van der Waals surface area contributed by atoms with Gasteiger partial charge in [0, 0.05) is 0 Å². The van der Waals surface area contributed by atoms with Crippen molar-refractivity contribution in [1.82, 2.24) is 0 Å². The van der Waals surface area contributed by atoms with Gasteiger partial charge in [-0.1, -0.05) is 84.5 Å². The number of unbranched alkanes of at least 4 members (excludes halogenated alkanes) is 9. The Balaban J connectivity index is 3.26. The highest BCUT2D eigenvalue weighted by molar-refractivity contribution is 4.61. The second kappa shape index (κ2) is 17.3. The summed E-state index contributed by atoms with van der Waals surface area (Å²) in [6.45, 7) is 4.44. The van der Waals surface area contributed by atoms with Crippen LogP contribution < -0.4 is 0 Å². The van der Waals surface area contributed by atoms with Crippen molar-refractivity contribution in [1.29, 1.82) is 0 Å². The Bertz CT molecular complexity index is 206. The quantitative estimate of drug-likeness (QED) is 0.324. The Hall–Kier alpha value is -0.0800. The van der Waals surface area contributed by atoms with Crippen molar-refractivity contribution in [3.05, 3.63) is 0 Å². The molecule has 0 radical (unpaired) electrons. The fourth-order valence-electron chi connectivity index (χ4n) is 3.02. The predicted molar refractivity (Wildman–Crippen MR) is 97.2 cm³/mol. The lowest BCUT2D eigenvalue weighted by Crippen LogP contribution is -2.10. The average Bonchev–Trinajstić information content (AvgIpc) is 2.50. The molecular weight excluding hydrogens is 272 g/mol. The van der Waals surface area contributed by atoms with Crippen molar-refractivity contribution in [2.45, 2.75) is 129 Å². The van der Waals surface area contributed by atoms with E-state index >= 15 is 0 Å². The summed E-state index contributed by atoms with van der Waals surface area (Å²) in [5.41, 5.74) is 0. The van der Waals surface area contributed by atoms with Gasteiger partial charge in [0.05, 0.1) is 12.2 Å². The van der Waals surface area contributed by atoms with Crippen LogP contribution in [0.2, 0.25) is 0 Å². The minimum Gasteiger partial charge on any atom is -0.393 e. The van der Waals surface area contributed by atoms with Gasteiger partial charge in [-0.2, -0.15) is 0 Å². The van der Waals surface area contributed by atoms with Crippen molar-refractivity contribution in [2.24, 2.45) is 0 Å². The highest BCUT2D eigenvalue weighted by Crippen LogP contribution is 2.15. The first-order valence-corrected chi connectivity index (χ1v) is 10.1. The van der Waals surface area contributed by atoms with Crippen molar-refractivity contribution in [2.75, 3.05) is 0 Å². The average molecular weight is 315 g/mol. The fraction of sp³-hybridized carbons (Fsp3) is 1.00. The molecular formula is C20H42O2. The Morgan fingerprint density at radius 1 is 0.455 bits per heavy atom. The first kappa shape index (κ1) is 21.9. The van der Waals surface area contributed by atoms with Gasteiger partial charge in [0.15, 0.2) is 0 Å². The minimum absolute atomic E-state index is 0.150. The molecule has 0 fully saturated rings. The molecule has 2 unspecified atom stereocenters. The van der Waals surface area contributed by atoms with Crippen molar-refractivity contribution >= 4 is 0 Å². The summed E-state index contributed by atoms with van der Waals surface area (Å²) >= 11 is 0. The van der Waals surface area contributed by atoms with Crippen LogP contribution in [0.15, 0.2) is 0 Å². The van der Waals surface area contributed by atoms with Gasteiger partial charge in [0.2, 0.25) is 0 Å². The van der Waals surface area contributed by atoms with E-state index in [0.29, 0.717) is 0 Å². The number of rotatable bonds is 17. The largest absolute Gasteiger partial charge is 0.393 e. The van der Waals surface area contributed by atoms with Gasteiger partial charge in [-0.15, -0.1) is 0 Å². The van der Waals surface area contributed by atoms with E-state index in [1.807, 2.05) is 0 Å². The summed E-state index contributed by atoms with van der Waals surface area (Å²) in [6.07, 6.45) is 18.4. The maximum atomic E-state index is 9.97. The maximum Gasteiger partial charge on any atom is 0.0540 e. The Kier molecular flexibility index (Phi) is 17.2. The molecule has 0 saturated heterocycles. The molecule has 0 rings (SSSR count). The lowest BCUT2D eigenvalue weighted by atomic mass is 10.0. The van der Waals surface area contributed by atoms with Crippen molar-refractivity contribution in [3.63, 3.8) is 0 Å². The smallest absolute Gasteiger partial charge is 0.0540 e. The van der Waals surface area contributed by atoms with Crippen molar-refractivity contribution < 1.29 is 10.2 Å². The van der Waals surface area contributed by atoms with E-state index in [-0.39, 0.29) is 12.2 Å². The van der Waals surface area contributed by atoms with Crippen LogP contribution in [0.5, 0.6) is 0 Å². The van der Waals surface area contributed by atoms with Crippen LogP contribution in [0.1, 0.15) is 117 Å². The molecule has 0 aromatic rings. The third kappa shape index (κ3) is 16.3. The van der Waals surface area contributed by atoms with Crippen LogP contribution >= 0.6 is 0 Å². The fourth-order valence-corrected chi connectivity index (χ4v) is 3.02. The van der Waals surface area contributed by atoms with E-state index in [9.17, 15) is 10.2 Å². The number of aliphatic hydroxyl groups is 2. The Labute approximate surface area is 139 Å². The van der Waals surface area contributed by atoms with Crippen LogP contribution in [0.25, 0.3) is 0 Å². The highest BCUT2D eigenvalue weighted by atomic mass is 16.3. The van der Waals surface area contributed by atoms with Crippen LogP contribution in [-0.4, -0.2) is 22.4 Å². The molecule has 134 valence electrons. The van der Waals surface area contributed by atoms with Crippen LogP contribution in [-0.2, 0) is 0 Å². The van der Waals surface area contributed by atoms with Crippen LogP contribution in [0.4, 0.5) is 0 Å². The molecule has 0 aromatic heterocycles. The van der Waals surface area contributed by atoms with Gasteiger partial charge in [0.25, 0.3) is 0 Å². The standard InChI is InChI=1S/C20H42O2/c1-3-5-7-8-9-10-11-13-16-20(22)18-14-17-19(21)15-12-6-4-2/h19-22H,3-18H2,1-2H3. The third-order valence-electron chi connectivity index (χ3n) is 4.61. The summed E-state index contributed by atoms with van der Waals surface area (Å²) in [5.74, 6) is 0. The Morgan fingerprint density at radius 3 is 1.27 bits per heavy atom. The summed E-state index contributed by atoms with van der Waals surface area (Å²) in [4.78, 5) is 0. The van der Waals surface area contributed by atoms with E-state index in [2.05, 4.69) is 13.8 Å². The molecule has 0 aromatic carbocycles. The molecule has 2 N–H and O–H groups in total. The van der Waals surface area contributed by atoms with E-state index in [1.54, 1.807) is 0 Å². The second-order valence-electron chi connectivity index (χ2n) is 7.00. The number of hydrogen-bond acceptors (Lipinski definition) is 2. The first-order chi connectivity index (χ1) is 10.7. The predicted octanol–water partition coefficient (Wildman–Crippen LogP) is 5.99. The molecule has 0 saturated carbocycles. The topological polar surface area (TPSA) is 40.5 Å². The Morgan fingerprint density at radius 2 is 0.773 bits per heavy atom. The molecule has 0 aliphatic heterocycles. The zero-order valence-electron chi connectivity index (χ0n) is 15.4. The molecule has 0 aliphatic rings. The SMILES string of the molecule is CCCCCCCCCCC(O)CCCC(O)CCCCC. The zero-order valence-corrected chi connectivity index (χ0v) is 15.4. The molecule has 0 aliphatic carbocycles. The van der Waals surface area contributed by atoms with Gasteiger partial charge >= 0.3 is 0 Å². The monoisotopic (exact) mass is 314 g/mol. The molecule has 2 atom stereocenters. The normalized spacial score (nSPS) is 14.2. The third-order valence-corrected chi connectivity index (χ3v) is 4.61. The van der Waals surface area contributed by atoms with E-state index in [1.165, 1.54) is 57.8 Å². The van der Waals surface area contributed by atoms with Gasteiger partial charge in [-0.3, -0.25) is 0 Å². The molecule has 0 spiro atoms. The summed E-state index contributed by atoms with van der Waals surface area (Å²) < 4.78 is 0. The van der Waals surface area contributed by atoms with E-state index in [0.717, 1.165) is 44.9 Å². The van der Waals surface area contributed by atoms with Crippen molar-refractivity contribution in [3.8, 4) is 0 Å². The second-order valence-corrected chi connectivity index (χ2v) is 7.00. The number of hydrogen-bond donors (Lipinski definition) is 2. The lowest BCUT2D eigenvalue weighted by Gasteiger charge is -2.13. The number of aliphatic hydroxyl groups excluding tert-OH is 2.